The lowest BCUT2D eigenvalue weighted by molar-refractivity contribution is -0.139. The van der Waals surface area contributed by atoms with Gasteiger partial charge >= 0.3 is 5.97 Å². The summed E-state index contributed by atoms with van der Waals surface area (Å²) in [4.78, 5) is 22.3. The van der Waals surface area contributed by atoms with Gasteiger partial charge in [0.15, 0.2) is 0 Å². The zero-order valence-electron chi connectivity index (χ0n) is 8.03. The van der Waals surface area contributed by atoms with Gasteiger partial charge < -0.3 is 4.74 Å². The summed E-state index contributed by atoms with van der Waals surface area (Å²) in [5, 5.41) is 0. The smallest absolute Gasteiger partial charge is 0.335 e. The highest BCUT2D eigenvalue weighted by Gasteiger charge is 2.38. The van der Waals surface area contributed by atoms with Gasteiger partial charge in [-0.2, -0.15) is 0 Å². The third-order valence-electron chi connectivity index (χ3n) is 2.79. The van der Waals surface area contributed by atoms with Crippen molar-refractivity contribution >= 4 is 12.3 Å². The highest BCUT2D eigenvalue weighted by Crippen LogP contribution is 2.43. The lowest BCUT2D eigenvalue weighted by atomic mass is 9.98. The van der Waals surface area contributed by atoms with Crippen LogP contribution in [0.4, 0.5) is 0 Å². The number of ether oxygens (including phenoxy) is 1. The minimum atomic E-state index is -0.327. The molecule has 0 N–H and O–H groups in total. The summed E-state index contributed by atoms with van der Waals surface area (Å²) in [7, 11) is 0. The van der Waals surface area contributed by atoms with Crippen molar-refractivity contribution in [2.45, 2.75) is 13.3 Å². The van der Waals surface area contributed by atoms with Crippen LogP contribution in [0, 0.1) is 11.8 Å². The van der Waals surface area contributed by atoms with E-state index < -0.39 is 0 Å². The molecule has 0 aliphatic heterocycles. The molecular formula is C11H12O3. The van der Waals surface area contributed by atoms with Gasteiger partial charge in [0.25, 0.3) is 0 Å². The standard InChI is InChI=1S/C11H12O3/c1-2-14-11(13)10-8-4-3-7(5-8)9(10)6-12/h3-4,6-8H,2,5H2,1H3/t7-,8+/m1/s1. The number of carbonyl (C=O) groups excluding carboxylic acids is 2. The lowest BCUT2D eigenvalue weighted by Gasteiger charge is -2.10. The van der Waals surface area contributed by atoms with Crippen molar-refractivity contribution in [3.63, 3.8) is 0 Å². The molecule has 0 unspecified atom stereocenters. The van der Waals surface area contributed by atoms with Crippen LogP contribution >= 0.6 is 0 Å². The first-order valence-corrected chi connectivity index (χ1v) is 4.82. The molecule has 0 aromatic heterocycles. The summed E-state index contributed by atoms with van der Waals surface area (Å²) in [6.45, 7) is 2.12. The molecule has 0 saturated heterocycles. The van der Waals surface area contributed by atoms with E-state index in [9.17, 15) is 9.59 Å². The van der Waals surface area contributed by atoms with Crippen LogP contribution in [-0.4, -0.2) is 18.9 Å². The van der Waals surface area contributed by atoms with E-state index in [2.05, 4.69) is 0 Å². The summed E-state index contributed by atoms with van der Waals surface area (Å²) in [6.07, 6.45) is 5.64. The second-order valence-electron chi connectivity index (χ2n) is 3.54. The number of esters is 1. The third kappa shape index (κ3) is 1.20. The molecule has 0 fully saturated rings. The quantitative estimate of drug-likeness (QED) is 0.384. The predicted octanol–water partition coefficient (Wildman–Crippen LogP) is 1.25. The maximum absolute atomic E-state index is 11.5. The first-order chi connectivity index (χ1) is 6.77. The van der Waals surface area contributed by atoms with Crippen LogP contribution in [0.15, 0.2) is 23.3 Å². The molecule has 0 radical (unpaired) electrons. The summed E-state index contributed by atoms with van der Waals surface area (Å²) in [5.41, 5.74) is 1.20. The number of fused-ring (bicyclic) bond motifs is 2. The van der Waals surface area contributed by atoms with Crippen LogP contribution in [0.2, 0.25) is 0 Å². The minimum Gasteiger partial charge on any atom is -0.463 e. The Morgan fingerprint density at radius 3 is 2.93 bits per heavy atom. The normalized spacial score (nSPS) is 28.4. The molecular weight excluding hydrogens is 180 g/mol. The largest absolute Gasteiger partial charge is 0.463 e. The molecule has 2 bridgehead atoms. The summed E-state index contributed by atoms with van der Waals surface area (Å²) in [6, 6.07) is 0. The predicted molar refractivity (Wildman–Crippen MR) is 50.5 cm³/mol. The maximum Gasteiger partial charge on any atom is 0.335 e. The topological polar surface area (TPSA) is 43.4 Å². The molecule has 2 aliphatic rings. The molecule has 3 heteroatoms. The average Bonchev–Trinajstić information content (AvgIpc) is 2.76. The Hall–Kier alpha value is -1.38. The SMILES string of the molecule is CCOC(=O)C1=C(C=O)[C@@H]2C=C[C@H]1C2. The van der Waals surface area contributed by atoms with Gasteiger partial charge in [-0.1, -0.05) is 12.2 Å². The van der Waals surface area contributed by atoms with Crippen LogP contribution < -0.4 is 0 Å². The van der Waals surface area contributed by atoms with Crippen molar-refractivity contribution in [2.75, 3.05) is 6.61 Å². The van der Waals surface area contributed by atoms with Crippen molar-refractivity contribution in [3.8, 4) is 0 Å². The fourth-order valence-electron chi connectivity index (χ4n) is 2.19. The summed E-state index contributed by atoms with van der Waals surface area (Å²) >= 11 is 0. The van der Waals surface area contributed by atoms with Crippen molar-refractivity contribution in [1.82, 2.24) is 0 Å². The lowest BCUT2D eigenvalue weighted by Crippen LogP contribution is -2.14. The Balaban J connectivity index is 2.28. The molecule has 3 nitrogen and oxygen atoms in total. The average molecular weight is 192 g/mol. The summed E-state index contributed by atoms with van der Waals surface area (Å²) in [5.74, 6) is -0.0670. The van der Waals surface area contributed by atoms with E-state index >= 15 is 0 Å². The van der Waals surface area contributed by atoms with Gasteiger partial charge in [0, 0.05) is 17.4 Å². The van der Waals surface area contributed by atoms with E-state index in [-0.39, 0.29) is 17.8 Å². The van der Waals surface area contributed by atoms with Gasteiger partial charge in [-0.15, -0.1) is 0 Å². The molecule has 74 valence electrons. The molecule has 2 aliphatic carbocycles. The van der Waals surface area contributed by atoms with Crippen molar-refractivity contribution in [1.29, 1.82) is 0 Å². The Morgan fingerprint density at radius 1 is 1.57 bits per heavy atom. The van der Waals surface area contributed by atoms with Crippen LogP contribution in [-0.2, 0) is 14.3 Å². The second kappa shape index (κ2) is 3.40. The molecule has 2 rings (SSSR count). The number of hydrogen-bond donors (Lipinski definition) is 0. The van der Waals surface area contributed by atoms with Crippen LogP contribution in [0.3, 0.4) is 0 Å². The molecule has 14 heavy (non-hydrogen) atoms. The van der Waals surface area contributed by atoms with Gasteiger partial charge in [0.05, 0.1) is 12.2 Å². The summed E-state index contributed by atoms with van der Waals surface area (Å²) < 4.78 is 4.92. The Bertz CT molecular complexity index is 338. The zero-order chi connectivity index (χ0) is 10.1. The number of carbonyl (C=O) groups is 2. The molecule has 0 heterocycles. The Labute approximate surface area is 82.4 Å². The number of aldehydes is 1. The van der Waals surface area contributed by atoms with Gasteiger partial charge in [-0.25, -0.2) is 4.79 Å². The van der Waals surface area contributed by atoms with Crippen LogP contribution in [0.25, 0.3) is 0 Å². The van der Waals surface area contributed by atoms with E-state index in [0.29, 0.717) is 17.8 Å². The molecule has 0 aromatic carbocycles. The number of hydrogen-bond acceptors (Lipinski definition) is 3. The van der Waals surface area contributed by atoms with Gasteiger partial charge in [0.1, 0.15) is 6.29 Å². The van der Waals surface area contributed by atoms with Gasteiger partial charge in [-0.05, 0) is 13.3 Å². The fraction of sp³-hybridized carbons (Fsp3) is 0.455. The fourth-order valence-corrected chi connectivity index (χ4v) is 2.19. The van der Waals surface area contributed by atoms with Crippen molar-refractivity contribution in [2.24, 2.45) is 11.8 Å². The zero-order valence-corrected chi connectivity index (χ0v) is 8.03. The molecule has 2 atom stereocenters. The first kappa shape index (κ1) is 9.19. The molecule has 0 spiro atoms. The Morgan fingerprint density at radius 2 is 2.29 bits per heavy atom. The monoisotopic (exact) mass is 192 g/mol. The van der Waals surface area contributed by atoms with Crippen LogP contribution in [0.1, 0.15) is 13.3 Å². The number of rotatable bonds is 3. The van der Waals surface area contributed by atoms with Gasteiger partial charge in [0.2, 0.25) is 0 Å². The van der Waals surface area contributed by atoms with Gasteiger partial charge in [-0.3, -0.25) is 4.79 Å². The van der Waals surface area contributed by atoms with E-state index in [1.165, 1.54) is 0 Å². The molecule has 0 aromatic rings. The molecule has 0 saturated carbocycles. The maximum atomic E-state index is 11.5. The minimum absolute atomic E-state index is 0.110. The number of allylic oxidation sites excluding steroid dienone is 3. The van der Waals surface area contributed by atoms with E-state index in [0.717, 1.165) is 12.7 Å². The Kier molecular flexibility index (Phi) is 2.23. The van der Waals surface area contributed by atoms with Crippen LogP contribution in [0.5, 0.6) is 0 Å². The second-order valence-corrected chi connectivity index (χ2v) is 3.54. The highest BCUT2D eigenvalue weighted by molar-refractivity contribution is 5.98. The third-order valence-corrected chi connectivity index (χ3v) is 2.79. The van der Waals surface area contributed by atoms with E-state index in [4.69, 9.17) is 4.74 Å². The van der Waals surface area contributed by atoms with Crippen molar-refractivity contribution < 1.29 is 14.3 Å². The van der Waals surface area contributed by atoms with E-state index in [1.54, 1.807) is 6.92 Å². The first-order valence-electron chi connectivity index (χ1n) is 4.82. The molecule has 0 amide bonds. The highest BCUT2D eigenvalue weighted by atomic mass is 16.5. The van der Waals surface area contributed by atoms with E-state index in [1.807, 2.05) is 12.2 Å². The van der Waals surface area contributed by atoms with Crippen molar-refractivity contribution in [3.05, 3.63) is 23.3 Å².